The van der Waals surface area contributed by atoms with Gasteiger partial charge in [0.2, 0.25) is 0 Å². The number of nitrogens with zero attached hydrogens (tertiary/aromatic N) is 2. The van der Waals surface area contributed by atoms with Crippen molar-refractivity contribution in [2.75, 3.05) is 7.05 Å². The number of aromatic nitrogens is 2. The Morgan fingerprint density at radius 3 is 2.70 bits per heavy atom. The molecule has 0 radical (unpaired) electrons. The predicted molar refractivity (Wildman–Crippen MR) is 71.4 cm³/mol. The lowest BCUT2D eigenvalue weighted by molar-refractivity contribution is -0.137. The highest BCUT2D eigenvalue weighted by Gasteiger charge is 2.35. The van der Waals surface area contributed by atoms with Crippen molar-refractivity contribution in [1.29, 1.82) is 0 Å². The van der Waals surface area contributed by atoms with Gasteiger partial charge < -0.3 is 5.32 Å². The molecule has 1 aromatic rings. The van der Waals surface area contributed by atoms with Crippen molar-refractivity contribution >= 4 is 0 Å². The first-order chi connectivity index (χ1) is 9.45. The van der Waals surface area contributed by atoms with E-state index in [0.717, 1.165) is 44.5 Å². The van der Waals surface area contributed by atoms with Gasteiger partial charge in [-0.15, -0.1) is 0 Å². The van der Waals surface area contributed by atoms with Crippen LogP contribution in [0, 0.1) is 5.92 Å². The van der Waals surface area contributed by atoms with E-state index in [1.165, 1.54) is 4.68 Å². The Morgan fingerprint density at radius 1 is 1.40 bits per heavy atom. The van der Waals surface area contributed by atoms with E-state index in [4.69, 9.17) is 0 Å². The van der Waals surface area contributed by atoms with Gasteiger partial charge in [0.25, 0.3) is 0 Å². The number of hydrogen-bond donors (Lipinski definition) is 1. The fourth-order valence-corrected chi connectivity index (χ4v) is 3.20. The van der Waals surface area contributed by atoms with Gasteiger partial charge in [0, 0.05) is 12.2 Å². The van der Waals surface area contributed by atoms with Crippen LogP contribution in [0.5, 0.6) is 0 Å². The quantitative estimate of drug-likeness (QED) is 0.917. The Morgan fingerprint density at radius 2 is 2.15 bits per heavy atom. The van der Waals surface area contributed by atoms with Crippen LogP contribution in [0.2, 0.25) is 0 Å². The topological polar surface area (TPSA) is 29.9 Å². The van der Waals surface area contributed by atoms with Crippen LogP contribution in [0.4, 0.5) is 13.2 Å². The molecule has 1 N–H and O–H groups in total. The second kappa shape index (κ2) is 6.16. The molecule has 1 heterocycles. The molecular weight excluding hydrogens is 267 g/mol. The summed E-state index contributed by atoms with van der Waals surface area (Å²) in [6.45, 7) is 2.15. The fraction of sp³-hybridized carbons (Fsp3) is 0.786. The van der Waals surface area contributed by atoms with Crippen molar-refractivity contribution in [1.82, 2.24) is 15.1 Å². The molecule has 0 spiro atoms. The van der Waals surface area contributed by atoms with Crippen LogP contribution in [0.1, 0.15) is 50.6 Å². The van der Waals surface area contributed by atoms with Gasteiger partial charge in [-0.3, -0.25) is 4.68 Å². The number of hydrogen-bond acceptors (Lipinski definition) is 2. The Hall–Kier alpha value is -1.04. The lowest BCUT2D eigenvalue weighted by atomic mass is 9.80. The Labute approximate surface area is 117 Å². The van der Waals surface area contributed by atoms with Gasteiger partial charge in [-0.25, -0.2) is 0 Å². The van der Waals surface area contributed by atoms with E-state index in [1.54, 1.807) is 0 Å². The van der Waals surface area contributed by atoms with E-state index < -0.39 is 11.7 Å². The van der Waals surface area contributed by atoms with Crippen LogP contribution in [0.3, 0.4) is 0 Å². The molecule has 20 heavy (non-hydrogen) atoms. The predicted octanol–water partition coefficient (Wildman–Crippen LogP) is 3.63. The zero-order chi connectivity index (χ0) is 14.8. The van der Waals surface area contributed by atoms with Crippen molar-refractivity contribution in [3.63, 3.8) is 0 Å². The summed E-state index contributed by atoms with van der Waals surface area (Å²) in [4.78, 5) is 0. The van der Waals surface area contributed by atoms with E-state index in [0.29, 0.717) is 5.92 Å². The Bertz CT molecular complexity index is 428. The molecule has 0 aromatic carbocycles. The first-order valence-electron chi connectivity index (χ1n) is 7.24. The highest BCUT2D eigenvalue weighted by atomic mass is 19.4. The largest absolute Gasteiger partial charge is 0.419 e. The van der Waals surface area contributed by atoms with E-state index in [2.05, 4.69) is 17.3 Å². The van der Waals surface area contributed by atoms with Crippen molar-refractivity contribution in [3.8, 4) is 0 Å². The number of rotatable bonds is 4. The molecule has 1 fully saturated rings. The third kappa shape index (κ3) is 3.34. The average Bonchev–Trinajstić information content (AvgIpc) is 2.88. The zero-order valence-electron chi connectivity index (χ0n) is 12.0. The van der Waals surface area contributed by atoms with Gasteiger partial charge in [0.05, 0.1) is 17.8 Å². The van der Waals surface area contributed by atoms with Crippen LogP contribution in [-0.2, 0) is 6.18 Å². The SMILES string of the molecule is CCCC1CCC(NC)C(n2cc(C(F)(F)F)cn2)C1. The van der Waals surface area contributed by atoms with Crippen molar-refractivity contribution < 1.29 is 13.2 Å². The minimum absolute atomic E-state index is 0.0152. The third-order valence-corrected chi connectivity index (χ3v) is 4.26. The molecule has 0 amide bonds. The van der Waals surface area contributed by atoms with E-state index in [-0.39, 0.29) is 12.1 Å². The third-order valence-electron chi connectivity index (χ3n) is 4.26. The summed E-state index contributed by atoms with van der Waals surface area (Å²) in [7, 11) is 1.87. The molecule has 2 rings (SSSR count). The molecule has 0 saturated heterocycles. The molecule has 1 aliphatic carbocycles. The molecule has 3 nitrogen and oxygen atoms in total. The van der Waals surface area contributed by atoms with Crippen molar-refractivity contribution in [2.24, 2.45) is 5.92 Å². The molecule has 1 aromatic heterocycles. The number of likely N-dealkylation sites (N-methyl/N-ethyl adjacent to an activating group) is 1. The summed E-state index contributed by atoms with van der Waals surface area (Å²) in [5.41, 5.74) is -0.662. The first kappa shape index (κ1) is 15.4. The fourth-order valence-electron chi connectivity index (χ4n) is 3.20. The summed E-state index contributed by atoms with van der Waals surface area (Å²) in [5, 5.41) is 7.18. The summed E-state index contributed by atoms with van der Waals surface area (Å²) in [6.07, 6.45) is 3.05. The Kier molecular flexibility index (Phi) is 4.73. The van der Waals surface area contributed by atoms with Crippen molar-refractivity contribution in [2.45, 2.75) is 57.3 Å². The van der Waals surface area contributed by atoms with Gasteiger partial charge in [-0.05, 0) is 32.2 Å². The normalized spacial score (nSPS) is 27.8. The van der Waals surface area contributed by atoms with Gasteiger partial charge in [-0.1, -0.05) is 19.8 Å². The van der Waals surface area contributed by atoms with Gasteiger partial charge >= 0.3 is 6.18 Å². The van der Waals surface area contributed by atoms with Crippen LogP contribution in [0.25, 0.3) is 0 Å². The second-order valence-electron chi connectivity index (χ2n) is 5.64. The van der Waals surface area contributed by atoms with Gasteiger partial charge in [-0.2, -0.15) is 18.3 Å². The molecule has 3 unspecified atom stereocenters. The maximum Gasteiger partial charge on any atom is 0.419 e. The number of nitrogens with one attached hydrogen (secondary N) is 1. The summed E-state index contributed by atoms with van der Waals surface area (Å²) >= 11 is 0. The molecule has 3 atom stereocenters. The van der Waals surface area contributed by atoms with E-state index >= 15 is 0 Å². The van der Waals surface area contributed by atoms with Crippen molar-refractivity contribution in [3.05, 3.63) is 18.0 Å². The molecule has 114 valence electrons. The standard InChI is InChI=1S/C14H22F3N3/c1-3-4-10-5-6-12(18-2)13(7-10)20-9-11(8-19-20)14(15,16)17/h8-10,12-13,18H,3-7H2,1-2H3. The molecule has 6 heteroatoms. The summed E-state index contributed by atoms with van der Waals surface area (Å²) < 4.78 is 39.5. The Balaban J connectivity index is 2.16. The highest BCUT2D eigenvalue weighted by Crippen LogP contribution is 2.36. The maximum absolute atomic E-state index is 12.7. The lowest BCUT2D eigenvalue weighted by Gasteiger charge is -2.36. The molecule has 1 aliphatic rings. The van der Waals surface area contributed by atoms with Crippen LogP contribution < -0.4 is 5.32 Å². The van der Waals surface area contributed by atoms with E-state index in [9.17, 15) is 13.2 Å². The second-order valence-corrected chi connectivity index (χ2v) is 5.64. The highest BCUT2D eigenvalue weighted by molar-refractivity contribution is 5.09. The molecule has 1 saturated carbocycles. The maximum atomic E-state index is 12.7. The smallest absolute Gasteiger partial charge is 0.315 e. The average molecular weight is 289 g/mol. The molecular formula is C14H22F3N3. The first-order valence-corrected chi connectivity index (χ1v) is 7.24. The molecule has 0 aliphatic heterocycles. The summed E-state index contributed by atoms with van der Waals surface area (Å²) in [6, 6.07) is 0.213. The van der Waals surface area contributed by atoms with Crippen LogP contribution >= 0.6 is 0 Å². The van der Waals surface area contributed by atoms with E-state index in [1.807, 2.05) is 7.05 Å². The lowest BCUT2D eigenvalue weighted by Crippen LogP contribution is -2.40. The summed E-state index contributed by atoms with van der Waals surface area (Å²) in [5.74, 6) is 0.591. The minimum Gasteiger partial charge on any atom is -0.315 e. The van der Waals surface area contributed by atoms with Crippen LogP contribution in [0.15, 0.2) is 12.4 Å². The minimum atomic E-state index is -4.31. The molecule has 0 bridgehead atoms. The monoisotopic (exact) mass is 289 g/mol. The number of halogens is 3. The number of alkyl halides is 3. The van der Waals surface area contributed by atoms with Crippen LogP contribution in [-0.4, -0.2) is 22.9 Å². The van der Waals surface area contributed by atoms with Gasteiger partial charge in [0.15, 0.2) is 0 Å². The van der Waals surface area contributed by atoms with Gasteiger partial charge in [0.1, 0.15) is 0 Å². The zero-order valence-corrected chi connectivity index (χ0v) is 12.0.